The summed E-state index contributed by atoms with van der Waals surface area (Å²) in [7, 11) is 0. The fraction of sp³-hybridized carbons (Fsp3) is 0.125. The topological polar surface area (TPSA) is 67.4 Å². The summed E-state index contributed by atoms with van der Waals surface area (Å²) in [5, 5.41) is 4.54. The zero-order valence-electron chi connectivity index (χ0n) is 12.6. The van der Waals surface area contributed by atoms with E-state index in [-0.39, 0.29) is 11.4 Å². The molecule has 0 aromatic heterocycles. The molecule has 2 aromatic rings. The number of rotatable bonds is 6. The van der Waals surface area contributed by atoms with Crippen LogP contribution < -0.4 is 15.4 Å². The first-order valence-electron chi connectivity index (χ1n) is 6.94. The van der Waals surface area contributed by atoms with E-state index in [0.717, 1.165) is 12.1 Å². The van der Waals surface area contributed by atoms with Gasteiger partial charge in [-0.25, -0.2) is 13.2 Å². The Morgan fingerprint density at radius 1 is 0.960 bits per heavy atom. The van der Waals surface area contributed by atoms with Crippen LogP contribution in [0.25, 0.3) is 0 Å². The Bertz CT molecular complexity index is 802. The minimum Gasteiger partial charge on any atom is -0.481 e. The summed E-state index contributed by atoms with van der Waals surface area (Å²) >= 11 is 3.09. The molecule has 0 saturated heterocycles. The predicted octanol–water partition coefficient (Wildman–Crippen LogP) is 3.00. The van der Waals surface area contributed by atoms with Crippen LogP contribution in [0.1, 0.15) is 0 Å². The number of hydrogen-bond acceptors (Lipinski definition) is 3. The van der Waals surface area contributed by atoms with E-state index in [2.05, 4.69) is 26.6 Å². The largest absolute Gasteiger partial charge is 0.481 e. The Hall–Kier alpha value is -2.55. The number of carbonyl (C=O) groups excluding carboxylic acids is 2. The molecule has 0 fully saturated rings. The van der Waals surface area contributed by atoms with E-state index in [9.17, 15) is 22.8 Å². The highest BCUT2D eigenvalue weighted by Gasteiger charge is 2.10. The SMILES string of the molecule is O=C(COc1ccc(Br)cc1F)NCC(=O)Nc1ccc(F)c(F)c1. The number of carbonyl (C=O) groups is 2. The van der Waals surface area contributed by atoms with Crippen LogP contribution in [0, 0.1) is 17.5 Å². The molecule has 2 rings (SSSR count). The molecule has 2 N–H and O–H groups in total. The van der Waals surface area contributed by atoms with Gasteiger partial charge >= 0.3 is 0 Å². The van der Waals surface area contributed by atoms with E-state index < -0.39 is 42.4 Å². The maximum absolute atomic E-state index is 13.5. The van der Waals surface area contributed by atoms with Crippen LogP contribution in [0.3, 0.4) is 0 Å². The molecular weight excluding hydrogens is 405 g/mol. The molecule has 132 valence electrons. The van der Waals surface area contributed by atoms with E-state index in [0.29, 0.717) is 4.47 Å². The number of benzene rings is 2. The van der Waals surface area contributed by atoms with Crippen LogP contribution in [-0.4, -0.2) is 25.0 Å². The van der Waals surface area contributed by atoms with Gasteiger partial charge in [-0.1, -0.05) is 15.9 Å². The van der Waals surface area contributed by atoms with Crippen LogP contribution in [-0.2, 0) is 9.59 Å². The molecule has 2 amide bonds. The van der Waals surface area contributed by atoms with Crippen LogP contribution in [0.5, 0.6) is 5.75 Å². The van der Waals surface area contributed by atoms with Crippen molar-refractivity contribution in [3.8, 4) is 5.75 Å². The molecule has 0 atom stereocenters. The lowest BCUT2D eigenvalue weighted by molar-refractivity contribution is -0.125. The van der Waals surface area contributed by atoms with Crippen molar-refractivity contribution in [3.05, 3.63) is 58.3 Å². The summed E-state index contributed by atoms with van der Waals surface area (Å²) in [5.41, 5.74) is 0.0475. The first kappa shape index (κ1) is 18.8. The molecule has 0 saturated carbocycles. The Morgan fingerprint density at radius 3 is 2.40 bits per heavy atom. The zero-order chi connectivity index (χ0) is 18.4. The summed E-state index contributed by atoms with van der Waals surface area (Å²) in [6, 6.07) is 6.94. The van der Waals surface area contributed by atoms with Gasteiger partial charge in [-0.3, -0.25) is 9.59 Å². The standard InChI is InChI=1S/C16H12BrF3N2O3/c17-9-1-4-14(13(20)5-9)25-8-16(24)21-7-15(23)22-10-2-3-11(18)12(19)6-10/h1-6H,7-8H2,(H,21,24)(H,22,23). The summed E-state index contributed by atoms with van der Waals surface area (Å²) in [4.78, 5) is 23.2. The average Bonchev–Trinajstić information content (AvgIpc) is 2.55. The fourth-order valence-corrected chi connectivity index (χ4v) is 2.08. The molecule has 9 heteroatoms. The van der Waals surface area contributed by atoms with Gasteiger partial charge in [0.05, 0.1) is 6.54 Å². The van der Waals surface area contributed by atoms with Gasteiger partial charge in [-0.2, -0.15) is 0 Å². The van der Waals surface area contributed by atoms with Crippen molar-refractivity contribution in [1.29, 1.82) is 0 Å². The van der Waals surface area contributed by atoms with E-state index in [1.54, 1.807) is 6.07 Å². The minimum absolute atomic E-state index is 0.0475. The molecule has 2 aromatic carbocycles. The van der Waals surface area contributed by atoms with Crippen LogP contribution in [0.2, 0.25) is 0 Å². The molecule has 0 aliphatic heterocycles. The number of anilines is 1. The maximum Gasteiger partial charge on any atom is 0.258 e. The molecule has 0 bridgehead atoms. The van der Waals surface area contributed by atoms with Crippen molar-refractivity contribution in [2.45, 2.75) is 0 Å². The summed E-state index contributed by atoms with van der Waals surface area (Å²) in [6.45, 7) is -0.902. The van der Waals surface area contributed by atoms with Crippen molar-refractivity contribution < 1.29 is 27.5 Å². The van der Waals surface area contributed by atoms with E-state index in [1.807, 2.05) is 0 Å². The molecule has 25 heavy (non-hydrogen) atoms. The smallest absolute Gasteiger partial charge is 0.258 e. The third-order valence-corrected chi connectivity index (χ3v) is 3.40. The number of halogens is 4. The number of nitrogens with one attached hydrogen (secondary N) is 2. The molecule has 0 heterocycles. The predicted molar refractivity (Wildman–Crippen MR) is 87.6 cm³/mol. The molecule has 0 aliphatic carbocycles. The van der Waals surface area contributed by atoms with Crippen molar-refractivity contribution in [3.63, 3.8) is 0 Å². The van der Waals surface area contributed by atoms with Crippen molar-refractivity contribution in [2.75, 3.05) is 18.5 Å². The lowest BCUT2D eigenvalue weighted by Gasteiger charge is -2.09. The van der Waals surface area contributed by atoms with E-state index in [1.165, 1.54) is 18.2 Å². The highest BCUT2D eigenvalue weighted by molar-refractivity contribution is 9.10. The second-order valence-corrected chi connectivity index (χ2v) is 5.73. The van der Waals surface area contributed by atoms with Crippen LogP contribution in [0.4, 0.5) is 18.9 Å². The molecule has 0 radical (unpaired) electrons. The first-order valence-corrected chi connectivity index (χ1v) is 7.74. The lowest BCUT2D eigenvalue weighted by Crippen LogP contribution is -2.35. The quantitative estimate of drug-likeness (QED) is 0.760. The van der Waals surface area contributed by atoms with Crippen molar-refractivity contribution in [2.24, 2.45) is 0 Å². The van der Waals surface area contributed by atoms with E-state index >= 15 is 0 Å². The van der Waals surface area contributed by atoms with Gasteiger partial charge in [0.15, 0.2) is 29.8 Å². The van der Waals surface area contributed by atoms with Gasteiger partial charge in [0, 0.05) is 16.2 Å². The molecule has 0 spiro atoms. The maximum atomic E-state index is 13.5. The second-order valence-electron chi connectivity index (χ2n) is 4.82. The van der Waals surface area contributed by atoms with Gasteiger partial charge in [0.25, 0.3) is 5.91 Å². The van der Waals surface area contributed by atoms with Gasteiger partial charge in [0.1, 0.15) is 0 Å². The Balaban J connectivity index is 1.77. The van der Waals surface area contributed by atoms with Gasteiger partial charge in [0.2, 0.25) is 5.91 Å². The Labute approximate surface area is 149 Å². The summed E-state index contributed by atoms with van der Waals surface area (Å²) in [6.07, 6.45) is 0. The van der Waals surface area contributed by atoms with Gasteiger partial charge in [-0.15, -0.1) is 0 Å². The number of ether oxygens (including phenoxy) is 1. The molecule has 5 nitrogen and oxygen atoms in total. The summed E-state index contributed by atoms with van der Waals surface area (Å²) < 4.78 is 44.8. The van der Waals surface area contributed by atoms with Gasteiger partial charge in [-0.05, 0) is 30.3 Å². The second kappa shape index (κ2) is 8.52. The highest BCUT2D eigenvalue weighted by Crippen LogP contribution is 2.21. The fourth-order valence-electron chi connectivity index (χ4n) is 1.74. The minimum atomic E-state index is -1.10. The molecular formula is C16H12BrF3N2O3. The van der Waals surface area contributed by atoms with Crippen molar-refractivity contribution >= 4 is 33.4 Å². The molecule has 0 aliphatic rings. The highest BCUT2D eigenvalue weighted by atomic mass is 79.9. The summed E-state index contributed by atoms with van der Waals surface area (Å²) in [5.74, 6) is -4.19. The lowest BCUT2D eigenvalue weighted by atomic mass is 10.3. The number of hydrogen-bond donors (Lipinski definition) is 2. The molecule has 0 unspecified atom stereocenters. The Kier molecular flexibility index (Phi) is 6.40. The zero-order valence-corrected chi connectivity index (χ0v) is 14.2. The van der Waals surface area contributed by atoms with Crippen LogP contribution >= 0.6 is 15.9 Å². The van der Waals surface area contributed by atoms with Crippen LogP contribution in [0.15, 0.2) is 40.9 Å². The normalized spacial score (nSPS) is 10.2. The van der Waals surface area contributed by atoms with Gasteiger partial charge < -0.3 is 15.4 Å². The first-order chi connectivity index (χ1) is 11.8. The third-order valence-electron chi connectivity index (χ3n) is 2.90. The van der Waals surface area contributed by atoms with E-state index in [4.69, 9.17) is 4.74 Å². The third kappa shape index (κ3) is 5.79. The van der Waals surface area contributed by atoms with Crippen molar-refractivity contribution in [1.82, 2.24) is 5.32 Å². The monoisotopic (exact) mass is 416 g/mol. The number of amides is 2. The average molecular weight is 417 g/mol. The Morgan fingerprint density at radius 2 is 1.72 bits per heavy atom.